The summed E-state index contributed by atoms with van der Waals surface area (Å²) in [7, 11) is -3.63. The lowest BCUT2D eigenvalue weighted by molar-refractivity contribution is -0.139. The van der Waals surface area contributed by atoms with Crippen LogP contribution in [0.3, 0.4) is 0 Å². The van der Waals surface area contributed by atoms with Crippen molar-refractivity contribution in [3.05, 3.63) is 36.0 Å². The fourth-order valence-electron chi connectivity index (χ4n) is 3.65. The van der Waals surface area contributed by atoms with Gasteiger partial charge in [0.25, 0.3) is 0 Å². The third-order valence-electron chi connectivity index (χ3n) is 5.43. The van der Waals surface area contributed by atoms with Gasteiger partial charge in [-0.05, 0) is 37.5 Å². The molecule has 2 heterocycles. The summed E-state index contributed by atoms with van der Waals surface area (Å²) in [5.74, 6) is 0.347. The highest BCUT2D eigenvalue weighted by molar-refractivity contribution is 7.89. The second-order valence-electron chi connectivity index (χ2n) is 7.20. The van der Waals surface area contributed by atoms with Crippen molar-refractivity contribution in [2.45, 2.75) is 31.1 Å². The molecule has 1 amide bonds. The van der Waals surface area contributed by atoms with E-state index in [1.807, 2.05) is 24.0 Å². The van der Waals surface area contributed by atoms with Crippen LogP contribution in [0.15, 0.2) is 35.4 Å². The summed E-state index contributed by atoms with van der Waals surface area (Å²) in [5.41, 5.74) is 1.50. The van der Waals surface area contributed by atoms with Gasteiger partial charge in [-0.15, -0.1) is 0 Å². The zero-order chi connectivity index (χ0) is 18.3. The number of hydrogen-bond donors (Lipinski definition) is 0. The van der Waals surface area contributed by atoms with Gasteiger partial charge < -0.3 is 4.90 Å². The first-order chi connectivity index (χ1) is 12.5. The average Bonchev–Trinajstić information content (AvgIpc) is 2.59. The maximum atomic E-state index is 13.1. The summed E-state index contributed by atoms with van der Waals surface area (Å²) in [5, 5.41) is 0.824. The molecule has 0 N–H and O–H groups in total. The Morgan fingerprint density at radius 1 is 1.15 bits per heavy atom. The molecule has 1 saturated carbocycles. The number of carbonyl (C=O) groups excluding carboxylic acids is 1. The molecular formula is C19H23N3O3S. The number of para-hydroxylation sites is 1. The molecule has 1 aliphatic heterocycles. The normalized spacial score (nSPS) is 19.5. The topological polar surface area (TPSA) is 70.6 Å². The van der Waals surface area contributed by atoms with Gasteiger partial charge in [-0.2, -0.15) is 4.31 Å². The minimum Gasteiger partial charge on any atom is -0.340 e. The number of benzene rings is 1. The van der Waals surface area contributed by atoms with Crippen molar-refractivity contribution >= 4 is 26.8 Å². The molecule has 0 atom stereocenters. The molecule has 1 saturated heterocycles. The van der Waals surface area contributed by atoms with E-state index in [1.54, 1.807) is 18.3 Å². The van der Waals surface area contributed by atoms with Crippen molar-refractivity contribution in [1.82, 2.24) is 14.2 Å². The lowest BCUT2D eigenvalue weighted by atomic mass is 9.84. The zero-order valence-corrected chi connectivity index (χ0v) is 15.7. The summed E-state index contributed by atoms with van der Waals surface area (Å²) in [6.07, 6.45) is 4.76. The third-order valence-corrected chi connectivity index (χ3v) is 7.36. The molecule has 4 rings (SSSR count). The number of aromatic nitrogens is 1. The number of sulfonamides is 1. The summed E-state index contributed by atoms with van der Waals surface area (Å²) in [6, 6.07) is 7.19. The maximum Gasteiger partial charge on any atom is 0.245 e. The number of aryl methyl sites for hydroxylation is 1. The third kappa shape index (κ3) is 2.99. The van der Waals surface area contributed by atoms with E-state index in [0.717, 1.165) is 30.2 Å². The molecule has 2 aromatic rings. The van der Waals surface area contributed by atoms with Crippen LogP contribution in [0.2, 0.25) is 0 Å². The number of carbonyl (C=O) groups is 1. The van der Waals surface area contributed by atoms with Crippen molar-refractivity contribution in [2.75, 3.05) is 26.2 Å². The molecule has 2 aliphatic rings. The molecule has 0 unspecified atom stereocenters. The summed E-state index contributed by atoms with van der Waals surface area (Å²) >= 11 is 0. The van der Waals surface area contributed by atoms with E-state index in [-0.39, 0.29) is 16.7 Å². The number of hydrogen-bond acceptors (Lipinski definition) is 4. The number of fused-ring (bicyclic) bond motifs is 1. The number of nitrogens with zero attached hydrogens (tertiary/aromatic N) is 3. The number of piperazine rings is 1. The van der Waals surface area contributed by atoms with E-state index in [9.17, 15) is 13.2 Å². The molecule has 6 nitrogen and oxygen atoms in total. The van der Waals surface area contributed by atoms with E-state index in [0.29, 0.717) is 31.7 Å². The first-order valence-electron chi connectivity index (χ1n) is 9.11. The van der Waals surface area contributed by atoms with Gasteiger partial charge in [-0.3, -0.25) is 9.78 Å². The molecule has 1 aromatic carbocycles. The van der Waals surface area contributed by atoms with Crippen molar-refractivity contribution in [2.24, 2.45) is 5.92 Å². The van der Waals surface area contributed by atoms with Gasteiger partial charge in [0.1, 0.15) is 4.90 Å². The van der Waals surface area contributed by atoms with E-state index in [2.05, 4.69) is 4.98 Å². The highest BCUT2D eigenvalue weighted by Crippen LogP contribution is 2.29. The molecule has 1 aromatic heterocycles. The van der Waals surface area contributed by atoms with Crippen LogP contribution >= 0.6 is 0 Å². The predicted molar refractivity (Wildman–Crippen MR) is 99.2 cm³/mol. The van der Waals surface area contributed by atoms with Crippen LogP contribution in [0.25, 0.3) is 10.9 Å². The van der Waals surface area contributed by atoms with Crippen molar-refractivity contribution in [1.29, 1.82) is 0 Å². The van der Waals surface area contributed by atoms with Crippen molar-refractivity contribution in [3.63, 3.8) is 0 Å². The van der Waals surface area contributed by atoms with Gasteiger partial charge in [-0.25, -0.2) is 8.42 Å². The zero-order valence-electron chi connectivity index (χ0n) is 14.9. The fourth-order valence-corrected chi connectivity index (χ4v) is 5.24. The second-order valence-corrected chi connectivity index (χ2v) is 9.10. The van der Waals surface area contributed by atoms with E-state index >= 15 is 0 Å². The maximum absolute atomic E-state index is 13.1. The average molecular weight is 373 g/mol. The molecular weight excluding hydrogens is 350 g/mol. The number of amides is 1. The van der Waals surface area contributed by atoms with Gasteiger partial charge in [-0.1, -0.05) is 18.6 Å². The summed E-state index contributed by atoms with van der Waals surface area (Å²) in [4.78, 5) is 18.8. The molecule has 0 bridgehead atoms. The summed E-state index contributed by atoms with van der Waals surface area (Å²) < 4.78 is 27.8. The van der Waals surface area contributed by atoms with Crippen LogP contribution in [0.1, 0.15) is 24.8 Å². The Bertz CT molecular complexity index is 946. The monoisotopic (exact) mass is 373 g/mol. The fraction of sp³-hybridized carbons (Fsp3) is 0.474. The van der Waals surface area contributed by atoms with Crippen molar-refractivity contribution in [3.8, 4) is 0 Å². The van der Waals surface area contributed by atoms with E-state index in [4.69, 9.17) is 0 Å². The van der Waals surface area contributed by atoms with Crippen LogP contribution in [0.4, 0.5) is 0 Å². The first kappa shape index (κ1) is 17.4. The van der Waals surface area contributed by atoms with Crippen LogP contribution < -0.4 is 0 Å². The number of pyridine rings is 1. The van der Waals surface area contributed by atoms with Gasteiger partial charge in [0, 0.05) is 43.7 Å². The first-order valence-corrected chi connectivity index (χ1v) is 10.5. The molecule has 0 spiro atoms. The Morgan fingerprint density at radius 2 is 1.88 bits per heavy atom. The predicted octanol–water partition coefficient (Wildman–Crippen LogP) is 2.18. The summed E-state index contributed by atoms with van der Waals surface area (Å²) in [6.45, 7) is 3.54. The Morgan fingerprint density at radius 3 is 2.54 bits per heavy atom. The molecule has 138 valence electrons. The van der Waals surface area contributed by atoms with Gasteiger partial charge >= 0.3 is 0 Å². The number of rotatable bonds is 3. The van der Waals surface area contributed by atoms with Crippen LogP contribution in [-0.2, 0) is 14.8 Å². The SMILES string of the molecule is Cc1cnc2c(S(=O)(=O)N3CCN(C(=O)C4CCC4)CC3)cccc2c1. The minimum atomic E-state index is -3.63. The quantitative estimate of drug-likeness (QED) is 0.827. The largest absolute Gasteiger partial charge is 0.340 e. The second kappa shape index (κ2) is 6.63. The minimum absolute atomic E-state index is 0.156. The highest BCUT2D eigenvalue weighted by Gasteiger charge is 2.35. The van der Waals surface area contributed by atoms with Crippen molar-refractivity contribution < 1.29 is 13.2 Å². The van der Waals surface area contributed by atoms with Gasteiger partial charge in [0.05, 0.1) is 5.52 Å². The Kier molecular flexibility index (Phi) is 4.44. The van der Waals surface area contributed by atoms with Gasteiger partial charge in [0.2, 0.25) is 15.9 Å². The lowest BCUT2D eigenvalue weighted by Crippen LogP contribution is -2.52. The van der Waals surface area contributed by atoms with Crippen LogP contribution in [-0.4, -0.2) is 54.7 Å². The Balaban J connectivity index is 1.55. The molecule has 7 heteroatoms. The van der Waals surface area contributed by atoms with Crippen LogP contribution in [0, 0.1) is 12.8 Å². The molecule has 0 radical (unpaired) electrons. The Hall–Kier alpha value is -1.99. The van der Waals surface area contributed by atoms with E-state index < -0.39 is 10.0 Å². The molecule has 2 fully saturated rings. The highest BCUT2D eigenvalue weighted by atomic mass is 32.2. The standard InChI is InChI=1S/C19H23N3O3S/c1-14-12-16-6-3-7-17(18(16)20-13-14)26(24,25)22-10-8-21(9-11-22)19(23)15-4-2-5-15/h3,6-7,12-13,15H,2,4-5,8-11H2,1H3. The Labute approximate surface area is 153 Å². The van der Waals surface area contributed by atoms with Gasteiger partial charge in [0.15, 0.2) is 0 Å². The molecule has 26 heavy (non-hydrogen) atoms. The van der Waals surface area contributed by atoms with E-state index in [1.165, 1.54) is 4.31 Å². The lowest BCUT2D eigenvalue weighted by Gasteiger charge is -2.37. The smallest absolute Gasteiger partial charge is 0.245 e. The molecule has 1 aliphatic carbocycles. The van der Waals surface area contributed by atoms with Crippen LogP contribution in [0.5, 0.6) is 0 Å².